The highest BCUT2D eigenvalue weighted by Gasteiger charge is 2.13. The van der Waals surface area contributed by atoms with E-state index in [2.05, 4.69) is 11.3 Å². The number of rotatable bonds is 5. The van der Waals surface area contributed by atoms with Gasteiger partial charge < -0.3 is 5.73 Å². The van der Waals surface area contributed by atoms with Gasteiger partial charge in [0.25, 0.3) is 5.91 Å². The maximum absolute atomic E-state index is 11.7. The largest absolute Gasteiger partial charge is 0.366 e. The highest BCUT2D eigenvalue weighted by Crippen LogP contribution is 2.09. The van der Waals surface area contributed by atoms with E-state index >= 15 is 0 Å². The van der Waals surface area contributed by atoms with Crippen molar-refractivity contribution in [2.24, 2.45) is 5.73 Å². The molecule has 4 nitrogen and oxygen atoms in total. The Hall–Kier alpha value is -1.75. The Kier molecular flexibility index (Phi) is 4.60. The number of carbonyl (C=O) groups is 2. The molecular weight excluding hydrogens is 224 g/mol. The van der Waals surface area contributed by atoms with E-state index < -0.39 is 5.91 Å². The number of hydrogen-bond donors (Lipinski definition) is 2. The van der Waals surface area contributed by atoms with E-state index in [1.165, 1.54) is 18.0 Å². The fraction of sp³-hybridized carbons (Fsp3) is 0.0909. The average molecular weight is 236 g/mol. The zero-order valence-corrected chi connectivity index (χ0v) is 9.42. The Morgan fingerprint density at radius 3 is 2.56 bits per heavy atom. The predicted octanol–water partition coefficient (Wildman–Crippen LogP) is 1.35. The van der Waals surface area contributed by atoms with E-state index in [-0.39, 0.29) is 17.0 Å². The summed E-state index contributed by atoms with van der Waals surface area (Å²) in [7, 11) is 0. The minimum atomic E-state index is -0.612. The molecule has 2 amide bonds. The third-order valence-corrected chi connectivity index (χ3v) is 2.54. The summed E-state index contributed by atoms with van der Waals surface area (Å²) < 4.78 is 2.59. The van der Waals surface area contributed by atoms with E-state index in [9.17, 15) is 9.59 Å². The van der Waals surface area contributed by atoms with E-state index in [1.54, 1.807) is 24.3 Å². The van der Waals surface area contributed by atoms with Gasteiger partial charge in [0.2, 0.25) is 5.91 Å². The van der Waals surface area contributed by atoms with Crippen molar-refractivity contribution in [2.45, 2.75) is 0 Å². The SMILES string of the molecule is C=CCSNC(=O)c1ccccc1C(N)=O. The minimum Gasteiger partial charge on any atom is -0.366 e. The Bertz CT molecular complexity index is 418. The van der Waals surface area contributed by atoms with Crippen LogP contribution in [0.3, 0.4) is 0 Å². The second-order valence-corrected chi connectivity index (χ2v) is 3.77. The molecule has 0 aromatic heterocycles. The second kappa shape index (κ2) is 5.97. The summed E-state index contributed by atoms with van der Waals surface area (Å²) in [4.78, 5) is 22.7. The quantitative estimate of drug-likeness (QED) is 0.460. The van der Waals surface area contributed by atoms with Crippen LogP contribution in [0.15, 0.2) is 36.9 Å². The smallest absolute Gasteiger partial charge is 0.261 e. The van der Waals surface area contributed by atoms with Gasteiger partial charge in [-0.15, -0.1) is 6.58 Å². The summed E-state index contributed by atoms with van der Waals surface area (Å²) in [5, 5.41) is 0. The van der Waals surface area contributed by atoms with Crippen LogP contribution < -0.4 is 10.5 Å². The number of nitrogens with two attached hydrogens (primary N) is 1. The van der Waals surface area contributed by atoms with Crippen molar-refractivity contribution < 1.29 is 9.59 Å². The first kappa shape index (κ1) is 12.3. The van der Waals surface area contributed by atoms with Gasteiger partial charge in [-0.05, 0) is 24.1 Å². The summed E-state index contributed by atoms with van der Waals surface area (Å²) in [5.41, 5.74) is 5.67. The third-order valence-electron chi connectivity index (χ3n) is 1.80. The molecule has 0 aliphatic rings. The molecule has 5 heteroatoms. The molecule has 0 aliphatic heterocycles. The van der Waals surface area contributed by atoms with Crippen molar-refractivity contribution in [1.82, 2.24) is 4.72 Å². The molecule has 1 rings (SSSR count). The van der Waals surface area contributed by atoms with Crippen molar-refractivity contribution in [3.8, 4) is 0 Å². The van der Waals surface area contributed by atoms with Crippen LogP contribution in [-0.2, 0) is 0 Å². The number of hydrogen-bond acceptors (Lipinski definition) is 3. The standard InChI is InChI=1S/C11H12N2O2S/c1-2-7-16-13-11(15)9-6-4-3-5-8(9)10(12)14/h2-6H,1,7H2,(H2,12,14)(H,13,15). The van der Waals surface area contributed by atoms with Crippen molar-refractivity contribution in [2.75, 3.05) is 5.75 Å². The molecule has 16 heavy (non-hydrogen) atoms. The lowest BCUT2D eigenvalue weighted by atomic mass is 10.1. The number of benzene rings is 1. The Labute approximate surface area is 98.0 Å². The maximum atomic E-state index is 11.7. The van der Waals surface area contributed by atoms with Crippen molar-refractivity contribution >= 4 is 23.8 Å². The summed E-state index contributed by atoms with van der Waals surface area (Å²) >= 11 is 1.21. The molecule has 0 aliphatic carbocycles. The van der Waals surface area contributed by atoms with Gasteiger partial charge in [-0.3, -0.25) is 14.3 Å². The first-order chi connectivity index (χ1) is 7.66. The highest BCUT2D eigenvalue weighted by molar-refractivity contribution is 7.98. The van der Waals surface area contributed by atoms with Crippen LogP contribution in [0.4, 0.5) is 0 Å². The lowest BCUT2D eigenvalue weighted by molar-refractivity contribution is 0.0958. The van der Waals surface area contributed by atoms with Gasteiger partial charge in [0.1, 0.15) is 0 Å². The maximum Gasteiger partial charge on any atom is 0.261 e. The van der Waals surface area contributed by atoms with Crippen molar-refractivity contribution in [1.29, 1.82) is 0 Å². The van der Waals surface area contributed by atoms with E-state index in [1.807, 2.05) is 0 Å². The van der Waals surface area contributed by atoms with E-state index in [0.717, 1.165) is 0 Å². The average Bonchev–Trinajstić information content (AvgIpc) is 2.29. The fourth-order valence-corrected chi connectivity index (χ4v) is 1.56. The van der Waals surface area contributed by atoms with Crippen LogP contribution in [0.25, 0.3) is 0 Å². The summed E-state index contributed by atoms with van der Waals surface area (Å²) in [6.07, 6.45) is 1.67. The molecule has 0 heterocycles. The van der Waals surface area contributed by atoms with Crippen molar-refractivity contribution in [3.05, 3.63) is 48.0 Å². The molecule has 3 N–H and O–H groups in total. The molecular formula is C11H12N2O2S. The van der Waals surface area contributed by atoms with Crippen LogP contribution >= 0.6 is 11.9 Å². The summed E-state index contributed by atoms with van der Waals surface area (Å²) in [6, 6.07) is 6.42. The number of primary amides is 1. The fourth-order valence-electron chi connectivity index (χ4n) is 1.12. The third kappa shape index (κ3) is 3.13. The zero-order valence-electron chi connectivity index (χ0n) is 8.60. The number of nitrogens with one attached hydrogen (secondary N) is 1. The van der Waals surface area contributed by atoms with Gasteiger partial charge in [-0.25, -0.2) is 0 Å². The molecule has 1 aromatic rings. The molecule has 0 atom stereocenters. The molecule has 0 fully saturated rings. The van der Waals surface area contributed by atoms with E-state index in [4.69, 9.17) is 5.73 Å². The van der Waals surface area contributed by atoms with Crippen LogP contribution in [0, 0.1) is 0 Å². The molecule has 0 unspecified atom stereocenters. The normalized spacial score (nSPS) is 9.50. The number of amides is 2. The Balaban J connectivity index is 2.82. The molecule has 84 valence electrons. The van der Waals surface area contributed by atoms with Gasteiger partial charge in [0.15, 0.2) is 0 Å². The second-order valence-electron chi connectivity index (χ2n) is 2.94. The summed E-state index contributed by atoms with van der Waals surface area (Å²) in [6.45, 7) is 3.53. The first-order valence-electron chi connectivity index (χ1n) is 4.58. The Morgan fingerprint density at radius 2 is 2.00 bits per heavy atom. The summed E-state index contributed by atoms with van der Waals surface area (Å²) in [5.74, 6) is -0.342. The molecule has 1 aromatic carbocycles. The van der Waals surface area contributed by atoms with Crippen molar-refractivity contribution in [3.63, 3.8) is 0 Å². The monoisotopic (exact) mass is 236 g/mol. The van der Waals surface area contributed by atoms with Gasteiger partial charge >= 0.3 is 0 Å². The van der Waals surface area contributed by atoms with E-state index in [0.29, 0.717) is 5.75 Å². The predicted molar refractivity (Wildman–Crippen MR) is 65.1 cm³/mol. The minimum absolute atomic E-state index is 0.221. The van der Waals surface area contributed by atoms with Gasteiger partial charge in [-0.1, -0.05) is 18.2 Å². The Morgan fingerprint density at radius 1 is 1.38 bits per heavy atom. The lowest BCUT2D eigenvalue weighted by Gasteiger charge is -2.06. The zero-order chi connectivity index (χ0) is 12.0. The molecule has 0 spiro atoms. The lowest BCUT2D eigenvalue weighted by Crippen LogP contribution is -2.22. The van der Waals surface area contributed by atoms with Crippen LogP contribution in [-0.4, -0.2) is 17.6 Å². The van der Waals surface area contributed by atoms with Gasteiger partial charge in [0.05, 0.1) is 11.1 Å². The molecule has 0 bridgehead atoms. The molecule has 0 radical (unpaired) electrons. The topological polar surface area (TPSA) is 72.2 Å². The van der Waals surface area contributed by atoms with Gasteiger partial charge in [-0.2, -0.15) is 0 Å². The van der Waals surface area contributed by atoms with Gasteiger partial charge in [0, 0.05) is 5.75 Å². The van der Waals surface area contributed by atoms with Crippen LogP contribution in [0.5, 0.6) is 0 Å². The molecule has 0 saturated carbocycles. The highest BCUT2D eigenvalue weighted by atomic mass is 32.2. The number of carbonyl (C=O) groups excluding carboxylic acids is 2. The molecule has 0 saturated heterocycles. The van der Waals surface area contributed by atoms with Crippen LogP contribution in [0.1, 0.15) is 20.7 Å². The first-order valence-corrected chi connectivity index (χ1v) is 5.57. The van der Waals surface area contributed by atoms with Crippen LogP contribution in [0.2, 0.25) is 0 Å².